The second kappa shape index (κ2) is 7.69. The SMILES string of the molecule is COc1ccc(CC(=O)N2CCC[C@H]3NC[C@H](c4ccc(F)cc4)[C@H]32)cc1. The van der Waals surface area contributed by atoms with Gasteiger partial charge in [-0.1, -0.05) is 24.3 Å². The molecule has 0 spiro atoms. The molecule has 4 nitrogen and oxygen atoms in total. The Morgan fingerprint density at radius 3 is 2.63 bits per heavy atom. The standard InChI is InChI=1S/C22H25FN2O2/c1-27-18-10-4-15(5-11-18)13-21(26)25-12-2-3-20-22(25)19(14-24-20)16-6-8-17(23)9-7-16/h4-11,19-20,22,24H,2-3,12-14H2,1H3/t19-,20-,22-/m1/s1. The lowest BCUT2D eigenvalue weighted by Gasteiger charge is -2.40. The van der Waals surface area contributed by atoms with E-state index in [1.807, 2.05) is 41.3 Å². The monoisotopic (exact) mass is 368 g/mol. The maximum atomic E-state index is 13.3. The van der Waals surface area contributed by atoms with Crippen LogP contribution in [0.1, 0.15) is 29.9 Å². The van der Waals surface area contributed by atoms with E-state index in [0.29, 0.717) is 12.5 Å². The molecule has 2 heterocycles. The van der Waals surface area contributed by atoms with Crippen LogP contribution in [0.25, 0.3) is 0 Å². The van der Waals surface area contributed by atoms with E-state index in [-0.39, 0.29) is 23.7 Å². The maximum Gasteiger partial charge on any atom is 0.227 e. The van der Waals surface area contributed by atoms with Gasteiger partial charge in [-0.25, -0.2) is 4.39 Å². The molecule has 27 heavy (non-hydrogen) atoms. The quantitative estimate of drug-likeness (QED) is 0.902. The third-order valence-electron chi connectivity index (χ3n) is 5.83. The minimum atomic E-state index is -0.225. The second-order valence-corrected chi connectivity index (χ2v) is 7.42. The van der Waals surface area contributed by atoms with Gasteiger partial charge in [0.25, 0.3) is 0 Å². The number of rotatable bonds is 4. The van der Waals surface area contributed by atoms with Crippen LogP contribution in [0.15, 0.2) is 48.5 Å². The number of fused-ring (bicyclic) bond motifs is 1. The number of benzene rings is 2. The first-order valence-electron chi connectivity index (χ1n) is 9.57. The molecule has 142 valence electrons. The number of hydrogen-bond acceptors (Lipinski definition) is 3. The first-order valence-corrected chi connectivity index (χ1v) is 9.57. The molecule has 0 aromatic heterocycles. The number of halogens is 1. The third kappa shape index (κ3) is 3.69. The van der Waals surface area contributed by atoms with E-state index in [1.165, 1.54) is 12.1 Å². The van der Waals surface area contributed by atoms with Gasteiger partial charge < -0.3 is 15.0 Å². The topological polar surface area (TPSA) is 41.6 Å². The van der Waals surface area contributed by atoms with Gasteiger partial charge in [0.05, 0.1) is 19.6 Å². The molecule has 2 fully saturated rings. The zero-order valence-electron chi connectivity index (χ0n) is 15.5. The number of nitrogens with one attached hydrogen (secondary N) is 1. The Kier molecular flexibility index (Phi) is 5.12. The van der Waals surface area contributed by atoms with Crippen LogP contribution in [0.5, 0.6) is 5.75 Å². The van der Waals surface area contributed by atoms with Crippen molar-refractivity contribution in [2.75, 3.05) is 20.2 Å². The number of hydrogen-bond donors (Lipinski definition) is 1. The van der Waals surface area contributed by atoms with E-state index in [1.54, 1.807) is 7.11 Å². The third-order valence-corrected chi connectivity index (χ3v) is 5.83. The summed E-state index contributed by atoms with van der Waals surface area (Å²) in [6, 6.07) is 14.8. The molecule has 0 unspecified atom stereocenters. The molecule has 2 aliphatic heterocycles. The van der Waals surface area contributed by atoms with E-state index >= 15 is 0 Å². The molecule has 3 atom stereocenters. The smallest absolute Gasteiger partial charge is 0.227 e. The molecule has 1 N–H and O–H groups in total. The number of piperidine rings is 1. The molecule has 0 radical (unpaired) electrons. The molecule has 0 saturated carbocycles. The lowest BCUT2D eigenvalue weighted by Crippen LogP contribution is -2.53. The summed E-state index contributed by atoms with van der Waals surface area (Å²) in [6.07, 6.45) is 2.48. The summed E-state index contributed by atoms with van der Waals surface area (Å²) < 4.78 is 18.5. The highest BCUT2D eigenvalue weighted by molar-refractivity contribution is 5.79. The zero-order valence-corrected chi connectivity index (χ0v) is 15.5. The Bertz CT molecular complexity index is 791. The summed E-state index contributed by atoms with van der Waals surface area (Å²) in [7, 11) is 1.64. The van der Waals surface area contributed by atoms with Crippen molar-refractivity contribution >= 4 is 5.91 Å². The van der Waals surface area contributed by atoms with Crippen LogP contribution < -0.4 is 10.1 Å². The predicted octanol–water partition coefficient (Wildman–Crippen LogP) is 3.12. The Labute approximate surface area is 159 Å². The fraction of sp³-hybridized carbons (Fsp3) is 0.409. The van der Waals surface area contributed by atoms with Gasteiger partial charge in [0.2, 0.25) is 5.91 Å². The lowest BCUT2D eigenvalue weighted by atomic mass is 9.85. The molecule has 2 saturated heterocycles. The lowest BCUT2D eigenvalue weighted by molar-refractivity contribution is -0.134. The summed E-state index contributed by atoms with van der Waals surface area (Å²) in [5, 5.41) is 3.58. The average Bonchev–Trinajstić information content (AvgIpc) is 3.13. The Balaban J connectivity index is 1.53. The zero-order chi connectivity index (χ0) is 18.8. The minimum absolute atomic E-state index is 0.134. The van der Waals surface area contributed by atoms with Crippen molar-refractivity contribution in [1.29, 1.82) is 0 Å². The van der Waals surface area contributed by atoms with Crippen molar-refractivity contribution in [2.45, 2.75) is 37.3 Å². The number of nitrogens with zero attached hydrogens (tertiary/aromatic N) is 1. The molecule has 4 rings (SSSR count). The van der Waals surface area contributed by atoms with E-state index in [2.05, 4.69) is 5.32 Å². The van der Waals surface area contributed by atoms with Gasteiger partial charge in [-0.2, -0.15) is 0 Å². The summed E-state index contributed by atoms with van der Waals surface area (Å²) in [5.74, 6) is 0.930. The molecule has 0 bridgehead atoms. The van der Waals surface area contributed by atoms with Crippen LogP contribution in [-0.2, 0) is 11.2 Å². The molecule has 2 aliphatic rings. The summed E-state index contributed by atoms with van der Waals surface area (Å²) >= 11 is 0. The molecule has 2 aromatic rings. The number of likely N-dealkylation sites (tertiary alicyclic amines) is 1. The van der Waals surface area contributed by atoms with Gasteiger partial charge in [-0.05, 0) is 48.2 Å². The highest BCUT2D eigenvalue weighted by Crippen LogP contribution is 2.35. The summed E-state index contributed by atoms with van der Waals surface area (Å²) in [5.41, 5.74) is 2.09. The number of carbonyl (C=O) groups excluding carboxylic acids is 1. The fourth-order valence-electron chi connectivity index (χ4n) is 4.47. The van der Waals surface area contributed by atoms with Gasteiger partial charge >= 0.3 is 0 Å². The van der Waals surface area contributed by atoms with E-state index in [0.717, 1.165) is 42.8 Å². The van der Waals surface area contributed by atoms with Crippen molar-refractivity contribution in [2.24, 2.45) is 0 Å². The molecule has 1 amide bonds. The second-order valence-electron chi connectivity index (χ2n) is 7.42. The van der Waals surface area contributed by atoms with E-state index in [4.69, 9.17) is 4.74 Å². The van der Waals surface area contributed by atoms with Crippen LogP contribution in [0.4, 0.5) is 4.39 Å². The molecule has 5 heteroatoms. The van der Waals surface area contributed by atoms with Crippen molar-refractivity contribution in [3.63, 3.8) is 0 Å². The van der Waals surface area contributed by atoms with Gasteiger partial charge in [-0.15, -0.1) is 0 Å². The van der Waals surface area contributed by atoms with Crippen molar-refractivity contribution in [3.05, 3.63) is 65.5 Å². The molecular formula is C22H25FN2O2. The molecular weight excluding hydrogens is 343 g/mol. The number of methoxy groups -OCH3 is 1. The maximum absolute atomic E-state index is 13.3. The molecule has 0 aliphatic carbocycles. The van der Waals surface area contributed by atoms with Crippen LogP contribution >= 0.6 is 0 Å². The average molecular weight is 368 g/mol. The minimum Gasteiger partial charge on any atom is -0.497 e. The normalized spacial score (nSPS) is 24.5. The number of amides is 1. The van der Waals surface area contributed by atoms with Crippen LogP contribution in [0, 0.1) is 5.82 Å². The fourth-order valence-corrected chi connectivity index (χ4v) is 4.47. The van der Waals surface area contributed by atoms with Gasteiger partial charge in [-0.3, -0.25) is 4.79 Å². The van der Waals surface area contributed by atoms with Crippen molar-refractivity contribution in [1.82, 2.24) is 10.2 Å². The largest absolute Gasteiger partial charge is 0.497 e. The van der Waals surface area contributed by atoms with Gasteiger partial charge in [0.1, 0.15) is 11.6 Å². The highest BCUT2D eigenvalue weighted by Gasteiger charge is 2.44. The highest BCUT2D eigenvalue weighted by atomic mass is 19.1. The number of ether oxygens (including phenoxy) is 1. The van der Waals surface area contributed by atoms with Gasteiger partial charge in [0, 0.05) is 25.0 Å². The Morgan fingerprint density at radius 1 is 1.19 bits per heavy atom. The van der Waals surface area contributed by atoms with Crippen molar-refractivity contribution in [3.8, 4) is 5.75 Å². The van der Waals surface area contributed by atoms with E-state index < -0.39 is 0 Å². The first kappa shape index (κ1) is 18.0. The Morgan fingerprint density at radius 2 is 1.93 bits per heavy atom. The van der Waals surface area contributed by atoms with Crippen LogP contribution in [0.3, 0.4) is 0 Å². The van der Waals surface area contributed by atoms with Crippen LogP contribution in [0.2, 0.25) is 0 Å². The van der Waals surface area contributed by atoms with Crippen LogP contribution in [-0.4, -0.2) is 43.1 Å². The van der Waals surface area contributed by atoms with Crippen molar-refractivity contribution < 1.29 is 13.9 Å². The first-order chi connectivity index (χ1) is 13.2. The number of carbonyl (C=O) groups is 1. The predicted molar refractivity (Wildman–Crippen MR) is 102 cm³/mol. The molecule has 2 aromatic carbocycles. The van der Waals surface area contributed by atoms with Gasteiger partial charge in [0.15, 0.2) is 0 Å². The summed E-state index contributed by atoms with van der Waals surface area (Å²) in [4.78, 5) is 15.2. The Hall–Kier alpha value is -2.40. The summed E-state index contributed by atoms with van der Waals surface area (Å²) in [6.45, 7) is 1.61. The van der Waals surface area contributed by atoms with E-state index in [9.17, 15) is 9.18 Å².